The zero-order chi connectivity index (χ0) is 7.11. The summed E-state index contributed by atoms with van der Waals surface area (Å²) in [5.41, 5.74) is 0. The Balaban J connectivity index is 3.39. The first-order chi connectivity index (χ1) is 4.35. The largest absolute Gasteiger partial charge is 0.296 e. The van der Waals surface area contributed by atoms with Crippen molar-refractivity contribution in [2.24, 2.45) is 0 Å². The summed E-state index contributed by atoms with van der Waals surface area (Å²) in [7, 11) is 0. The molecule has 0 spiro atoms. The van der Waals surface area contributed by atoms with Gasteiger partial charge < -0.3 is 0 Å². The van der Waals surface area contributed by atoms with Crippen molar-refractivity contribution in [1.29, 1.82) is 0 Å². The lowest BCUT2D eigenvalue weighted by molar-refractivity contribution is 0.371. The van der Waals surface area contributed by atoms with Gasteiger partial charge in [-0.25, -0.2) is 0 Å². The highest BCUT2D eigenvalue weighted by Crippen LogP contribution is 1.85. The van der Waals surface area contributed by atoms with Crippen molar-refractivity contribution in [1.82, 2.24) is 4.90 Å². The van der Waals surface area contributed by atoms with Gasteiger partial charge in [-0.3, -0.25) is 4.90 Å². The summed E-state index contributed by atoms with van der Waals surface area (Å²) in [5.74, 6) is 0. The fourth-order valence-electron chi connectivity index (χ4n) is 0.589. The van der Waals surface area contributed by atoms with Crippen molar-refractivity contribution >= 4 is 0 Å². The van der Waals surface area contributed by atoms with Gasteiger partial charge in [0.05, 0.1) is 0 Å². The lowest BCUT2D eigenvalue weighted by Crippen LogP contribution is -2.23. The molecule has 0 bridgehead atoms. The van der Waals surface area contributed by atoms with E-state index in [2.05, 4.69) is 13.2 Å². The SMILES string of the molecule is [CH]CN(CC=C)CC=C. The average molecular weight is 123 g/mol. The van der Waals surface area contributed by atoms with Crippen LogP contribution in [0.15, 0.2) is 25.3 Å². The number of rotatable bonds is 5. The summed E-state index contributed by atoms with van der Waals surface area (Å²) in [4.78, 5) is 2.03. The Hall–Kier alpha value is -0.560. The van der Waals surface area contributed by atoms with Gasteiger partial charge in [-0.1, -0.05) is 12.2 Å². The highest BCUT2D eigenvalue weighted by Gasteiger charge is 1.92. The third kappa shape index (κ3) is 3.98. The van der Waals surface area contributed by atoms with Crippen molar-refractivity contribution in [3.05, 3.63) is 32.2 Å². The number of hydrogen-bond acceptors (Lipinski definition) is 1. The molecule has 0 unspecified atom stereocenters. The standard InChI is InChI=1S/C8H13N/c1-4-7-9(6-3)8-5-2/h3-5H,1-2,6-8H2. The van der Waals surface area contributed by atoms with E-state index in [0.29, 0.717) is 6.54 Å². The molecule has 0 atom stereocenters. The van der Waals surface area contributed by atoms with Crippen LogP contribution in [0.4, 0.5) is 0 Å². The molecule has 50 valence electrons. The van der Waals surface area contributed by atoms with Crippen LogP contribution in [0.3, 0.4) is 0 Å². The van der Waals surface area contributed by atoms with Crippen molar-refractivity contribution < 1.29 is 0 Å². The van der Waals surface area contributed by atoms with E-state index in [-0.39, 0.29) is 0 Å². The minimum Gasteiger partial charge on any atom is -0.296 e. The smallest absolute Gasteiger partial charge is 0.0164 e. The summed E-state index contributed by atoms with van der Waals surface area (Å²) in [6.07, 6.45) is 3.66. The Labute approximate surface area is 57.7 Å². The summed E-state index contributed by atoms with van der Waals surface area (Å²) < 4.78 is 0. The summed E-state index contributed by atoms with van der Waals surface area (Å²) in [6.45, 7) is 14.8. The molecule has 0 aromatic carbocycles. The summed E-state index contributed by atoms with van der Waals surface area (Å²) in [6, 6.07) is 0. The van der Waals surface area contributed by atoms with E-state index in [1.54, 1.807) is 0 Å². The van der Waals surface area contributed by atoms with Gasteiger partial charge in [0.2, 0.25) is 0 Å². The monoisotopic (exact) mass is 123 g/mol. The average Bonchev–Trinajstić information content (AvgIpc) is 1.88. The van der Waals surface area contributed by atoms with Gasteiger partial charge in [0, 0.05) is 19.6 Å². The molecule has 0 saturated heterocycles. The highest BCUT2D eigenvalue weighted by molar-refractivity contribution is 4.79. The van der Waals surface area contributed by atoms with E-state index < -0.39 is 0 Å². The predicted molar refractivity (Wildman–Crippen MR) is 41.1 cm³/mol. The molecule has 0 aliphatic carbocycles. The Morgan fingerprint density at radius 1 is 1.22 bits per heavy atom. The second-order valence-electron chi connectivity index (χ2n) is 1.80. The second kappa shape index (κ2) is 5.57. The molecule has 0 N–H and O–H groups in total. The molecule has 1 nitrogen and oxygen atoms in total. The van der Waals surface area contributed by atoms with Crippen LogP contribution >= 0.6 is 0 Å². The molecule has 1 heteroatoms. The van der Waals surface area contributed by atoms with Crippen LogP contribution in [0, 0.1) is 6.92 Å². The van der Waals surface area contributed by atoms with Gasteiger partial charge in [0.15, 0.2) is 0 Å². The first-order valence-electron chi connectivity index (χ1n) is 2.99. The van der Waals surface area contributed by atoms with Crippen LogP contribution in [0.1, 0.15) is 0 Å². The van der Waals surface area contributed by atoms with Gasteiger partial charge >= 0.3 is 0 Å². The molecule has 0 heterocycles. The van der Waals surface area contributed by atoms with Crippen molar-refractivity contribution in [3.63, 3.8) is 0 Å². The van der Waals surface area contributed by atoms with E-state index in [1.165, 1.54) is 0 Å². The second-order valence-corrected chi connectivity index (χ2v) is 1.80. The molecular weight excluding hydrogens is 110 g/mol. The van der Waals surface area contributed by atoms with Crippen LogP contribution < -0.4 is 0 Å². The predicted octanol–water partition coefficient (Wildman–Crippen LogP) is 1.37. The zero-order valence-electron chi connectivity index (χ0n) is 5.71. The Bertz CT molecular complexity index is 76.6. The third-order valence-electron chi connectivity index (χ3n) is 1.03. The van der Waals surface area contributed by atoms with E-state index in [9.17, 15) is 0 Å². The van der Waals surface area contributed by atoms with Crippen molar-refractivity contribution in [3.8, 4) is 0 Å². The van der Waals surface area contributed by atoms with Crippen LogP contribution in [0.5, 0.6) is 0 Å². The molecule has 9 heavy (non-hydrogen) atoms. The maximum Gasteiger partial charge on any atom is 0.0164 e. The van der Waals surface area contributed by atoms with Gasteiger partial charge in [0.1, 0.15) is 0 Å². The zero-order valence-corrected chi connectivity index (χ0v) is 5.71. The molecule has 0 fully saturated rings. The molecule has 2 radical (unpaired) electrons. The molecule has 0 aliphatic heterocycles. The quantitative estimate of drug-likeness (QED) is 0.499. The van der Waals surface area contributed by atoms with Crippen molar-refractivity contribution in [2.75, 3.05) is 19.6 Å². The summed E-state index contributed by atoms with van der Waals surface area (Å²) >= 11 is 0. The van der Waals surface area contributed by atoms with Crippen LogP contribution in [-0.2, 0) is 0 Å². The first-order valence-corrected chi connectivity index (χ1v) is 2.99. The van der Waals surface area contributed by atoms with E-state index >= 15 is 0 Å². The third-order valence-corrected chi connectivity index (χ3v) is 1.03. The van der Waals surface area contributed by atoms with Gasteiger partial charge in [0.25, 0.3) is 0 Å². The van der Waals surface area contributed by atoms with E-state index in [4.69, 9.17) is 6.92 Å². The molecule has 0 amide bonds. The normalized spacial score (nSPS) is 9.56. The lowest BCUT2D eigenvalue weighted by atomic mass is 10.4. The van der Waals surface area contributed by atoms with Crippen LogP contribution in [-0.4, -0.2) is 24.5 Å². The molecule has 0 aliphatic rings. The Morgan fingerprint density at radius 2 is 1.67 bits per heavy atom. The minimum atomic E-state index is 0.567. The van der Waals surface area contributed by atoms with Crippen LogP contribution in [0.2, 0.25) is 0 Å². The number of hydrogen-bond donors (Lipinski definition) is 0. The highest BCUT2D eigenvalue weighted by atomic mass is 15.1. The van der Waals surface area contributed by atoms with Crippen LogP contribution in [0.25, 0.3) is 0 Å². The van der Waals surface area contributed by atoms with Gasteiger partial charge in [-0.2, -0.15) is 0 Å². The Kier molecular flexibility index (Phi) is 5.23. The maximum absolute atomic E-state index is 5.38. The first kappa shape index (κ1) is 8.44. The summed E-state index contributed by atoms with van der Waals surface area (Å²) in [5, 5.41) is 0. The molecule has 0 aromatic rings. The fourth-order valence-corrected chi connectivity index (χ4v) is 0.589. The van der Waals surface area contributed by atoms with Gasteiger partial charge in [-0.05, 0) is 6.92 Å². The molecule has 0 aromatic heterocycles. The Morgan fingerprint density at radius 3 is 1.89 bits per heavy atom. The van der Waals surface area contributed by atoms with Crippen molar-refractivity contribution in [2.45, 2.75) is 0 Å². The molecule has 0 rings (SSSR count). The van der Waals surface area contributed by atoms with Gasteiger partial charge in [-0.15, -0.1) is 13.2 Å². The fraction of sp³-hybridized carbons (Fsp3) is 0.375. The maximum atomic E-state index is 5.38. The van der Waals surface area contributed by atoms with E-state index in [1.807, 2.05) is 17.1 Å². The van der Waals surface area contributed by atoms with E-state index in [0.717, 1.165) is 13.1 Å². The number of nitrogens with zero attached hydrogens (tertiary/aromatic N) is 1. The topological polar surface area (TPSA) is 3.24 Å². The molecular formula is C8H13N. The lowest BCUT2D eigenvalue weighted by Gasteiger charge is -2.14. The molecule has 0 saturated carbocycles. The minimum absolute atomic E-state index is 0.567.